The van der Waals surface area contributed by atoms with Gasteiger partial charge in [-0.1, -0.05) is 40.5 Å². The van der Waals surface area contributed by atoms with Crippen LogP contribution in [0, 0.1) is 10.8 Å². The average molecular weight is 589 g/mol. The second kappa shape index (κ2) is 15.8. The third kappa shape index (κ3) is 10.8. The summed E-state index contributed by atoms with van der Waals surface area (Å²) >= 11 is 0. The van der Waals surface area contributed by atoms with E-state index in [1.165, 1.54) is 14.2 Å². The number of esters is 2. The Labute approximate surface area is 249 Å². The minimum Gasteiger partial charge on any atom is -0.511 e. The van der Waals surface area contributed by atoms with Crippen LogP contribution in [0.1, 0.15) is 105 Å². The number of nitrogens with zero attached hydrogens (tertiary/aromatic N) is 2. The highest BCUT2D eigenvalue weighted by molar-refractivity contribution is 6.25. The van der Waals surface area contributed by atoms with Gasteiger partial charge in [-0.05, 0) is 36.5 Å². The smallest absolute Gasteiger partial charge is 0.305 e. The van der Waals surface area contributed by atoms with Crippen molar-refractivity contribution in [3.05, 3.63) is 22.7 Å². The number of hydrogen-bond donors (Lipinski definition) is 2. The molecule has 0 aromatic carbocycles. The van der Waals surface area contributed by atoms with E-state index in [1.807, 2.05) is 27.7 Å². The van der Waals surface area contributed by atoms with Crippen LogP contribution in [0.5, 0.6) is 0 Å². The van der Waals surface area contributed by atoms with Gasteiger partial charge < -0.3 is 19.7 Å². The number of hydrogen-bond acceptors (Lipinski definition) is 10. The zero-order valence-electron chi connectivity index (χ0n) is 26.1. The topological polar surface area (TPSA) is 152 Å². The van der Waals surface area contributed by atoms with Gasteiger partial charge in [0, 0.05) is 50.2 Å². The van der Waals surface area contributed by atoms with Crippen LogP contribution < -0.4 is 0 Å². The molecule has 0 radical (unpaired) electrons. The minimum atomic E-state index is -0.448. The van der Waals surface area contributed by atoms with Gasteiger partial charge in [-0.2, -0.15) is 0 Å². The SMILES string of the molecule is COC(=O)CCC(O)=C1C(=O)CC(C)(C)CC1=NCCCCCCN=C1CC(C)(C)CC(=O)C1=C(O)CCC(=O)OC. The molecule has 2 N–H and O–H groups in total. The van der Waals surface area contributed by atoms with Gasteiger partial charge in [0.1, 0.15) is 11.5 Å². The van der Waals surface area contributed by atoms with Crippen molar-refractivity contribution in [2.45, 2.75) is 105 Å². The number of aliphatic hydroxyl groups excluding tert-OH is 2. The van der Waals surface area contributed by atoms with E-state index in [4.69, 9.17) is 0 Å². The van der Waals surface area contributed by atoms with Crippen molar-refractivity contribution in [1.82, 2.24) is 0 Å². The second-order valence-corrected chi connectivity index (χ2v) is 12.7. The lowest BCUT2D eigenvalue weighted by atomic mass is 9.73. The number of carbonyl (C=O) groups excluding carboxylic acids is 4. The van der Waals surface area contributed by atoms with Gasteiger partial charge in [-0.3, -0.25) is 29.2 Å². The maximum atomic E-state index is 12.8. The fourth-order valence-corrected chi connectivity index (χ4v) is 5.40. The molecule has 0 saturated heterocycles. The van der Waals surface area contributed by atoms with Crippen molar-refractivity contribution in [1.29, 1.82) is 0 Å². The van der Waals surface area contributed by atoms with E-state index in [0.29, 0.717) is 50.2 Å². The summed E-state index contributed by atoms with van der Waals surface area (Å²) in [5.41, 5.74) is 1.19. The molecule has 2 saturated carbocycles. The maximum absolute atomic E-state index is 12.8. The Morgan fingerprint density at radius 3 is 1.33 bits per heavy atom. The van der Waals surface area contributed by atoms with Gasteiger partial charge in [0.25, 0.3) is 0 Å². The van der Waals surface area contributed by atoms with Crippen LogP contribution in [0.4, 0.5) is 0 Å². The lowest BCUT2D eigenvalue weighted by Crippen LogP contribution is -2.33. The number of unbranched alkanes of at least 4 members (excludes halogenated alkanes) is 3. The first-order valence-electron chi connectivity index (χ1n) is 14.8. The van der Waals surface area contributed by atoms with Crippen molar-refractivity contribution < 1.29 is 38.9 Å². The summed E-state index contributed by atoms with van der Waals surface area (Å²) in [6, 6.07) is 0. The van der Waals surface area contributed by atoms with Gasteiger partial charge in [0.2, 0.25) is 0 Å². The second-order valence-electron chi connectivity index (χ2n) is 12.7. The summed E-state index contributed by atoms with van der Waals surface area (Å²) in [5.74, 6) is -1.41. The van der Waals surface area contributed by atoms with Crippen LogP contribution in [0.3, 0.4) is 0 Å². The molecule has 0 spiro atoms. The first-order chi connectivity index (χ1) is 19.7. The third-order valence-corrected chi connectivity index (χ3v) is 7.54. The van der Waals surface area contributed by atoms with E-state index in [9.17, 15) is 29.4 Å². The molecular weight excluding hydrogens is 540 g/mol. The Morgan fingerprint density at radius 2 is 1.00 bits per heavy atom. The average Bonchev–Trinajstić information content (AvgIpc) is 2.89. The molecular formula is C32H48N2O8. The Kier molecular flexibility index (Phi) is 13.1. The van der Waals surface area contributed by atoms with Crippen LogP contribution in [-0.2, 0) is 28.7 Å². The van der Waals surface area contributed by atoms with Crippen LogP contribution in [-0.4, -0.2) is 72.5 Å². The van der Waals surface area contributed by atoms with Crippen molar-refractivity contribution >= 4 is 34.9 Å². The van der Waals surface area contributed by atoms with E-state index >= 15 is 0 Å². The lowest BCUT2D eigenvalue weighted by Gasteiger charge is -2.31. The number of Topliss-reactive ketones (excluding diaryl/α,β-unsaturated/α-hetero) is 2. The monoisotopic (exact) mass is 588 g/mol. The van der Waals surface area contributed by atoms with Crippen molar-refractivity contribution in [2.75, 3.05) is 27.3 Å². The summed E-state index contributed by atoms with van der Waals surface area (Å²) in [6.07, 6.45) is 5.24. The van der Waals surface area contributed by atoms with Crippen LogP contribution >= 0.6 is 0 Å². The predicted molar refractivity (Wildman–Crippen MR) is 161 cm³/mol. The molecule has 0 amide bonds. The number of allylic oxidation sites excluding steroid dienone is 4. The van der Waals surface area contributed by atoms with E-state index < -0.39 is 11.9 Å². The van der Waals surface area contributed by atoms with Gasteiger partial charge in [0.15, 0.2) is 11.6 Å². The highest BCUT2D eigenvalue weighted by Gasteiger charge is 2.37. The molecule has 2 aliphatic rings. The number of ketones is 2. The van der Waals surface area contributed by atoms with Crippen molar-refractivity contribution in [3.8, 4) is 0 Å². The molecule has 0 atom stereocenters. The lowest BCUT2D eigenvalue weighted by molar-refractivity contribution is -0.141. The molecule has 234 valence electrons. The number of carbonyl (C=O) groups is 4. The van der Waals surface area contributed by atoms with Crippen LogP contribution in [0.15, 0.2) is 32.6 Å². The normalized spacial score (nSPS) is 22.7. The molecule has 0 heterocycles. The van der Waals surface area contributed by atoms with E-state index in [1.54, 1.807) is 0 Å². The summed E-state index contributed by atoms with van der Waals surface area (Å²) in [4.78, 5) is 58.0. The number of methoxy groups -OCH3 is 2. The molecule has 2 aliphatic carbocycles. The van der Waals surface area contributed by atoms with Gasteiger partial charge >= 0.3 is 11.9 Å². The first-order valence-corrected chi connectivity index (χ1v) is 14.8. The Hall–Kier alpha value is -3.30. The molecule has 0 unspecified atom stereocenters. The zero-order valence-corrected chi connectivity index (χ0v) is 26.1. The summed E-state index contributed by atoms with van der Waals surface area (Å²) in [7, 11) is 2.57. The van der Waals surface area contributed by atoms with Crippen molar-refractivity contribution in [3.63, 3.8) is 0 Å². The van der Waals surface area contributed by atoms with E-state index in [0.717, 1.165) is 25.7 Å². The molecule has 0 aromatic rings. The fourth-order valence-electron chi connectivity index (χ4n) is 5.40. The molecule has 2 rings (SSSR count). The van der Waals surface area contributed by atoms with Crippen molar-refractivity contribution in [2.24, 2.45) is 20.8 Å². The third-order valence-electron chi connectivity index (χ3n) is 7.54. The minimum absolute atomic E-state index is 0.00394. The van der Waals surface area contributed by atoms with E-state index in [-0.39, 0.29) is 70.7 Å². The molecule has 2 fully saturated rings. The van der Waals surface area contributed by atoms with Gasteiger partial charge in [-0.25, -0.2) is 0 Å². The van der Waals surface area contributed by atoms with E-state index in [2.05, 4.69) is 19.5 Å². The number of aliphatic hydroxyl groups is 2. The molecule has 0 bridgehead atoms. The highest BCUT2D eigenvalue weighted by Crippen LogP contribution is 2.37. The number of aliphatic imine (C=N–C) groups is 2. The standard InChI is InChI=1S/C32H48N2O8/c1-31(2)17-21(29(25(37)19-31)23(35)11-13-27(39)41-5)33-15-9-7-8-10-16-34-22-18-32(3,4)20-26(38)30(22)24(36)12-14-28(40)42-6/h35-36H,7-20H2,1-6H3. The number of rotatable bonds is 13. The molecule has 42 heavy (non-hydrogen) atoms. The zero-order chi connectivity index (χ0) is 31.5. The summed E-state index contributed by atoms with van der Waals surface area (Å²) < 4.78 is 9.28. The van der Waals surface area contributed by atoms with Gasteiger partial charge in [-0.15, -0.1) is 0 Å². The Morgan fingerprint density at radius 1 is 0.643 bits per heavy atom. The number of ether oxygens (including phenoxy) is 2. The molecule has 10 heteroatoms. The quantitative estimate of drug-likeness (QED) is 0.120. The van der Waals surface area contributed by atoms with Gasteiger partial charge in [0.05, 0.1) is 38.2 Å². The summed E-state index contributed by atoms with van der Waals surface area (Å²) in [5, 5.41) is 21.2. The predicted octanol–water partition coefficient (Wildman–Crippen LogP) is 5.74. The largest absolute Gasteiger partial charge is 0.511 e. The first kappa shape index (κ1) is 34.9. The molecule has 0 aliphatic heterocycles. The summed E-state index contributed by atoms with van der Waals surface area (Å²) in [6.45, 7) is 9.06. The molecule has 10 nitrogen and oxygen atoms in total. The van der Waals surface area contributed by atoms with Crippen LogP contribution in [0.2, 0.25) is 0 Å². The van der Waals surface area contributed by atoms with Crippen LogP contribution in [0.25, 0.3) is 0 Å². The highest BCUT2D eigenvalue weighted by atomic mass is 16.5. The Balaban J connectivity index is 1.97. The maximum Gasteiger partial charge on any atom is 0.305 e. The molecule has 0 aromatic heterocycles. The Bertz CT molecular complexity index is 1070. The fraction of sp³-hybridized carbons (Fsp3) is 0.688.